The number of anilines is 1. The number of nitro benzene ring substituents is 1. The minimum Gasteiger partial charge on any atom is -0.489 e. The van der Waals surface area contributed by atoms with Crippen LogP contribution in [0, 0.1) is 10.1 Å². The minimum atomic E-state index is -0.584. The van der Waals surface area contributed by atoms with E-state index in [2.05, 4.69) is 12.2 Å². The Kier molecular flexibility index (Phi) is 6.28. The van der Waals surface area contributed by atoms with Crippen LogP contribution in [0.3, 0.4) is 0 Å². The van der Waals surface area contributed by atoms with Crippen LogP contribution in [-0.2, 0) is 13.0 Å². The molecule has 0 atom stereocenters. The summed E-state index contributed by atoms with van der Waals surface area (Å²) in [5, 5.41) is 15.8. The maximum atomic E-state index is 12.4. The van der Waals surface area contributed by atoms with E-state index in [0.717, 1.165) is 17.7 Å². The van der Waals surface area contributed by atoms with Crippen molar-refractivity contribution in [3.63, 3.8) is 0 Å². The SMILES string of the molecule is CCc1ccc(OCc2csc(C(=O)Nc3ccc(Cl)cc3[N+](=O)[O-])c2)cc1. The van der Waals surface area contributed by atoms with Crippen molar-refractivity contribution in [2.24, 2.45) is 0 Å². The lowest BCUT2D eigenvalue weighted by Crippen LogP contribution is -2.11. The number of aryl methyl sites for hydroxylation is 1. The molecule has 0 fully saturated rings. The topological polar surface area (TPSA) is 81.5 Å². The lowest BCUT2D eigenvalue weighted by molar-refractivity contribution is -0.383. The smallest absolute Gasteiger partial charge is 0.294 e. The number of halogens is 1. The monoisotopic (exact) mass is 416 g/mol. The van der Waals surface area contributed by atoms with E-state index in [-0.39, 0.29) is 16.4 Å². The molecule has 0 aliphatic carbocycles. The summed E-state index contributed by atoms with van der Waals surface area (Å²) < 4.78 is 5.74. The molecule has 1 amide bonds. The van der Waals surface area contributed by atoms with E-state index in [1.165, 1.54) is 35.1 Å². The summed E-state index contributed by atoms with van der Waals surface area (Å²) in [7, 11) is 0. The number of thiophene rings is 1. The number of benzene rings is 2. The van der Waals surface area contributed by atoms with Crippen molar-refractivity contribution in [1.82, 2.24) is 0 Å². The number of nitrogens with zero attached hydrogens (tertiary/aromatic N) is 1. The molecule has 144 valence electrons. The zero-order valence-corrected chi connectivity index (χ0v) is 16.5. The third-order valence-corrected chi connectivity index (χ3v) is 5.23. The Morgan fingerprint density at radius 1 is 1.18 bits per heavy atom. The van der Waals surface area contributed by atoms with Crippen LogP contribution in [0.25, 0.3) is 0 Å². The second-order valence-electron chi connectivity index (χ2n) is 5.98. The molecule has 0 bridgehead atoms. The predicted molar refractivity (Wildman–Crippen MR) is 111 cm³/mol. The van der Waals surface area contributed by atoms with Gasteiger partial charge in [0.25, 0.3) is 11.6 Å². The summed E-state index contributed by atoms with van der Waals surface area (Å²) >= 11 is 7.04. The highest BCUT2D eigenvalue weighted by atomic mass is 35.5. The highest BCUT2D eigenvalue weighted by molar-refractivity contribution is 7.12. The van der Waals surface area contributed by atoms with E-state index < -0.39 is 10.8 Å². The molecule has 1 aromatic heterocycles. The van der Waals surface area contributed by atoms with Crippen molar-refractivity contribution in [1.29, 1.82) is 0 Å². The Balaban J connectivity index is 1.64. The molecule has 2 aromatic carbocycles. The molecule has 3 aromatic rings. The van der Waals surface area contributed by atoms with Crippen LogP contribution >= 0.6 is 22.9 Å². The Morgan fingerprint density at radius 2 is 1.93 bits per heavy atom. The fraction of sp³-hybridized carbons (Fsp3) is 0.150. The summed E-state index contributed by atoms with van der Waals surface area (Å²) in [6.45, 7) is 2.42. The van der Waals surface area contributed by atoms with Gasteiger partial charge in [-0.15, -0.1) is 11.3 Å². The van der Waals surface area contributed by atoms with Crippen molar-refractivity contribution in [2.75, 3.05) is 5.32 Å². The van der Waals surface area contributed by atoms with Crippen LogP contribution in [0.1, 0.15) is 27.7 Å². The van der Waals surface area contributed by atoms with Crippen molar-refractivity contribution >= 4 is 40.2 Å². The van der Waals surface area contributed by atoms with E-state index >= 15 is 0 Å². The summed E-state index contributed by atoms with van der Waals surface area (Å²) in [6, 6.07) is 13.7. The van der Waals surface area contributed by atoms with Crippen molar-refractivity contribution in [2.45, 2.75) is 20.0 Å². The second kappa shape index (κ2) is 8.86. The quantitative estimate of drug-likeness (QED) is 0.395. The van der Waals surface area contributed by atoms with Gasteiger partial charge in [-0.1, -0.05) is 30.7 Å². The lowest BCUT2D eigenvalue weighted by atomic mass is 10.2. The molecule has 0 aliphatic rings. The highest BCUT2D eigenvalue weighted by Crippen LogP contribution is 2.29. The predicted octanol–water partition coefficient (Wildman–Crippen LogP) is 5.70. The second-order valence-corrected chi connectivity index (χ2v) is 7.33. The van der Waals surface area contributed by atoms with Crippen molar-refractivity contribution < 1.29 is 14.5 Å². The maximum Gasteiger partial charge on any atom is 0.294 e. The number of nitrogens with one attached hydrogen (secondary N) is 1. The zero-order valence-electron chi connectivity index (χ0n) is 15.0. The average Bonchev–Trinajstić information content (AvgIpc) is 3.17. The van der Waals surface area contributed by atoms with Gasteiger partial charge in [0, 0.05) is 16.7 Å². The molecule has 6 nitrogen and oxygen atoms in total. The molecule has 0 unspecified atom stereocenters. The fourth-order valence-corrected chi connectivity index (χ4v) is 3.46. The third kappa shape index (κ3) is 4.88. The third-order valence-electron chi connectivity index (χ3n) is 4.02. The highest BCUT2D eigenvalue weighted by Gasteiger charge is 2.18. The van der Waals surface area contributed by atoms with E-state index in [4.69, 9.17) is 16.3 Å². The Bertz CT molecular complexity index is 1000. The van der Waals surface area contributed by atoms with Gasteiger partial charge in [-0.05, 0) is 47.7 Å². The van der Waals surface area contributed by atoms with E-state index in [1.807, 2.05) is 29.6 Å². The van der Waals surface area contributed by atoms with Gasteiger partial charge in [0.15, 0.2) is 0 Å². The van der Waals surface area contributed by atoms with Gasteiger partial charge in [0.05, 0.1) is 9.80 Å². The van der Waals surface area contributed by atoms with Gasteiger partial charge >= 0.3 is 0 Å². The number of ether oxygens (including phenoxy) is 1. The standard InChI is InChI=1S/C20H17ClN2O4S/c1-2-13-3-6-16(7-4-13)27-11-14-9-19(28-12-14)20(24)22-17-8-5-15(21)10-18(17)23(25)26/h3-10,12H,2,11H2,1H3,(H,22,24). The molecule has 1 heterocycles. The van der Waals surface area contributed by atoms with Crippen molar-refractivity contribution in [3.05, 3.63) is 85.1 Å². The molecule has 8 heteroatoms. The van der Waals surface area contributed by atoms with Crippen LogP contribution in [0.15, 0.2) is 53.9 Å². The van der Waals surface area contributed by atoms with Gasteiger partial charge in [-0.2, -0.15) is 0 Å². The first-order chi connectivity index (χ1) is 13.5. The first kappa shape index (κ1) is 19.9. The van der Waals surface area contributed by atoms with Gasteiger partial charge in [0.1, 0.15) is 18.0 Å². The molecule has 0 spiro atoms. The summed E-state index contributed by atoms with van der Waals surface area (Å²) in [4.78, 5) is 23.4. The molecular formula is C20H17ClN2O4S. The first-order valence-corrected chi connectivity index (χ1v) is 9.76. The number of rotatable bonds is 7. The van der Waals surface area contributed by atoms with Gasteiger partial charge in [0.2, 0.25) is 0 Å². The zero-order chi connectivity index (χ0) is 20.1. The Labute approximate surface area is 170 Å². The number of amides is 1. The molecule has 28 heavy (non-hydrogen) atoms. The average molecular weight is 417 g/mol. The molecule has 0 aliphatic heterocycles. The van der Waals surface area contributed by atoms with Crippen LogP contribution in [0.5, 0.6) is 5.75 Å². The number of hydrogen-bond acceptors (Lipinski definition) is 5. The lowest BCUT2D eigenvalue weighted by Gasteiger charge is -2.06. The number of carbonyl (C=O) groups is 1. The van der Waals surface area contributed by atoms with Crippen LogP contribution in [-0.4, -0.2) is 10.8 Å². The fourth-order valence-electron chi connectivity index (χ4n) is 2.50. The summed E-state index contributed by atoms with van der Waals surface area (Å²) in [5.74, 6) is 0.333. The normalized spacial score (nSPS) is 10.5. The van der Waals surface area contributed by atoms with Gasteiger partial charge in [-0.3, -0.25) is 14.9 Å². The molecule has 0 saturated heterocycles. The first-order valence-electron chi connectivity index (χ1n) is 8.50. The van der Waals surface area contributed by atoms with Gasteiger partial charge < -0.3 is 10.1 Å². The summed E-state index contributed by atoms with van der Waals surface area (Å²) in [5.41, 5.74) is 1.93. The minimum absolute atomic E-state index is 0.0987. The van der Waals surface area contributed by atoms with Crippen LogP contribution in [0.2, 0.25) is 5.02 Å². The van der Waals surface area contributed by atoms with Gasteiger partial charge in [-0.25, -0.2) is 0 Å². The molecule has 3 rings (SSSR count). The van der Waals surface area contributed by atoms with E-state index in [1.54, 1.807) is 6.07 Å². The van der Waals surface area contributed by atoms with Crippen LogP contribution < -0.4 is 10.1 Å². The molecular weight excluding hydrogens is 400 g/mol. The molecule has 1 N–H and O–H groups in total. The number of carbonyl (C=O) groups excluding carboxylic acids is 1. The number of nitro groups is 1. The Morgan fingerprint density at radius 3 is 2.61 bits per heavy atom. The molecule has 0 saturated carbocycles. The number of hydrogen-bond donors (Lipinski definition) is 1. The largest absolute Gasteiger partial charge is 0.489 e. The van der Waals surface area contributed by atoms with Crippen molar-refractivity contribution in [3.8, 4) is 5.75 Å². The Hall–Kier alpha value is -2.90. The van der Waals surface area contributed by atoms with E-state index in [9.17, 15) is 14.9 Å². The van der Waals surface area contributed by atoms with E-state index in [0.29, 0.717) is 11.5 Å². The van der Waals surface area contributed by atoms with Crippen LogP contribution in [0.4, 0.5) is 11.4 Å². The molecule has 0 radical (unpaired) electrons. The maximum absolute atomic E-state index is 12.4. The summed E-state index contributed by atoms with van der Waals surface area (Å²) in [6.07, 6.45) is 0.967.